The molecular formula is C12H19NO3S. The first kappa shape index (κ1) is 12.7. The highest BCUT2D eigenvalue weighted by molar-refractivity contribution is 7.99. The van der Waals surface area contributed by atoms with E-state index in [9.17, 15) is 14.7 Å². The first-order valence-electron chi connectivity index (χ1n) is 5.96. The third-order valence-corrected chi connectivity index (χ3v) is 5.22. The van der Waals surface area contributed by atoms with E-state index in [0.29, 0.717) is 12.2 Å². The number of carbonyl (C=O) groups excluding carboxylic acids is 1. The Bertz CT molecular complexity index is 341. The molecule has 2 aliphatic rings. The Morgan fingerprint density at radius 1 is 1.41 bits per heavy atom. The van der Waals surface area contributed by atoms with Gasteiger partial charge in [0.2, 0.25) is 6.41 Å². The van der Waals surface area contributed by atoms with Gasteiger partial charge in [-0.25, -0.2) is 4.79 Å². The molecule has 0 aromatic rings. The van der Waals surface area contributed by atoms with Gasteiger partial charge in [-0.3, -0.25) is 4.79 Å². The first-order chi connectivity index (χ1) is 7.91. The lowest BCUT2D eigenvalue weighted by molar-refractivity contribution is -0.156. The zero-order valence-corrected chi connectivity index (χ0v) is 11.1. The number of rotatable bonds is 4. The number of hydrogen-bond acceptors (Lipinski definition) is 3. The molecule has 0 aromatic heterocycles. The van der Waals surface area contributed by atoms with Crippen LogP contribution in [0.2, 0.25) is 0 Å². The van der Waals surface area contributed by atoms with Gasteiger partial charge in [-0.15, -0.1) is 0 Å². The largest absolute Gasteiger partial charge is 0.479 e. The number of thioether (sulfide) groups is 1. The van der Waals surface area contributed by atoms with Crippen molar-refractivity contribution in [2.45, 2.75) is 44.7 Å². The van der Waals surface area contributed by atoms with Crippen LogP contribution in [-0.2, 0) is 9.59 Å². The fourth-order valence-corrected chi connectivity index (χ4v) is 4.16. The van der Waals surface area contributed by atoms with Gasteiger partial charge in [0.25, 0.3) is 0 Å². The van der Waals surface area contributed by atoms with Gasteiger partial charge >= 0.3 is 5.97 Å². The molecule has 1 N–H and O–H groups in total. The average molecular weight is 257 g/mol. The van der Waals surface area contributed by atoms with Gasteiger partial charge < -0.3 is 10.0 Å². The topological polar surface area (TPSA) is 57.6 Å². The SMILES string of the molecule is CC1(C)CSCC(C(=O)O)(N(C=O)C2CC2)C1. The molecule has 1 unspecified atom stereocenters. The highest BCUT2D eigenvalue weighted by Gasteiger charge is 2.53. The summed E-state index contributed by atoms with van der Waals surface area (Å²) in [7, 11) is 0. The molecule has 1 atom stereocenters. The molecule has 96 valence electrons. The number of carbonyl (C=O) groups is 2. The molecule has 17 heavy (non-hydrogen) atoms. The molecule has 2 rings (SSSR count). The fraction of sp³-hybridized carbons (Fsp3) is 0.833. The predicted molar refractivity (Wildman–Crippen MR) is 67.0 cm³/mol. The molecule has 1 saturated heterocycles. The first-order valence-corrected chi connectivity index (χ1v) is 7.12. The van der Waals surface area contributed by atoms with Crippen LogP contribution in [0.1, 0.15) is 33.1 Å². The van der Waals surface area contributed by atoms with Gasteiger partial charge in [0.15, 0.2) is 0 Å². The summed E-state index contributed by atoms with van der Waals surface area (Å²) in [5.74, 6) is 0.622. The van der Waals surface area contributed by atoms with Crippen LogP contribution in [-0.4, -0.2) is 45.5 Å². The summed E-state index contributed by atoms with van der Waals surface area (Å²) in [5, 5.41) is 9.59. The van der Waals surface area contributed by atoms with E-state index in [1.165, 1.54) is 0 Å². The van der Waals surface area contributed by atoms with Crippen molar-refractivity contribution in [2.75, 3.05) is 11.5 Å². The van der Waals surface area contributed by atoms with Gasteiger partial charge in [0, 0.05) is 11.8 Å². The molecule has 2 fully saturated rings. The molecule has 5 heteroatoms. The Hall–Kier alpha value is -0.710. The summed E-state index contributed by atoms with van der Waals surface area (Å²) in [6, 6.07) is 0.151. The van der Waals surface area contributed by atoms with E-state index >= 15 is 0 Å². The third kappa shape index (κ3) is 2.30. The van der Waals surface area contributed by atoms with Gasteiger partial charge in [-0.2, -0.15) is 11.8 Å². The van der Waals surface area contributed by atoms with Crippen molar-refractivity contribution < 1.29 is 14.7 Å². The van der Waals surface area contributed by atoms with Crippen molar-refractivity contribution in [2.24, 2.45) is 5.41 Å². The lowest BCUT2D eigenvalue weighted by Crippen LogP contribution is -2.61. The van der Waals surface area contributed by atoms with Crippen LogP contribution in [0.5, 0.6) is 0 Å². The maximum absolute atomic E-state index is 11.7. The smallest absolute Gasteiger partial charge is 0.330 e. The van der Waals surface area contributed by atoms with E-state index < -0.39 is 11.5 Å². The maximum Gasteiger partial charge on any atom is 0.330 e. The zero-order chi connectivity index (χ0) is 12.7. The van der Waals surface area contributed by atoms with Crippen LogP contribution < -0.4 is 0 Å². The predicted octanol–water partition coefficient (Wildman–Crippen LogP) is 1.59. The third-order valence-electron chi connectivity index (χ3n) is 3.55. The Labute approximate surface area is 106 Å². The summed E-state index contributed by atoms with van der Waals surface area (Å²) in [5.41, 5.74) is -1.02. The van der Waals surface area contributed by atoms with Crippen LogP contribution in [0.15, 0.2) is 0 Å². The highest BCUT2D eigenvalue weighted by atomic mass is 32.2. The molecule has 1 heterocycles. The van der Waals surface area contributed by atoms with Crippen molar-refractivity contribution in [3.05, 3.63) is 0 Å². The summed E-state index contributed by atoms with van der Waals surface area (Å²) in [6.07, 6.45) is 3.18. The van der Waals surface area contributed by atoms with E-state index in [4.69, 9.17) is 0 Å². The molecule has 0 spiro atoms. The second-order valence-corrected chi connectivity index (χ2v) is 6.90. The standard InChI is InChI=1S/C12H19NO3S/c1-11(2)5-12(10(15)16,7-17-6-11)13(8-14)9-3-4-9/h8-9H,3-7H2,1-2H3,(H,15,16). The number of carboxylic acid groups (broad SMARTS) is 1. The van der Waals surface area contributed by atoms with Crippen molar-refractivity contribution in [1.29, 1.82) is 0 Å². The maximum atomic E-state index is 11.7. The second-order valence-electron chi connectivity index (χ2n) is 5.91. The minimum atomic E-state index is -0.991. The van der Waals surface area contributed by atoms with E-state index in [1.807, 2.05) is 0 Å². The van der Waals surface area contributed by atoms with E-state index in [1.54, 1.807) is 16.7 Å². The summed E-state index contributed by atoms with van der Waals surface area (Å²) >= 11 is 1.64. The van der Waals surface area contributed by atoms with Crippen molar-refractivity contribution >= 4 is 24.1 Å². The van der Waals surface area contributed by atoms with Crippen LogP contribution in [0.3, 0.4) is 0 Å². The quantitative estimate of drug-likeness (QED) is 0.777. The minimum Gasteiger partial charge on any atom is -0.479 e. The number of amides is 1. The number of hydrogen-bond donors (Lipinski definition) is 1. The zero-order valence-electron chi connectivity index (χ0n) is 10.3. The highest BCUT2D eigenvalue weighted by Crippen LogP contribution is 2.45. The van der Waals surface area contributed by atoms with E-state index in [0.717, 1.165) is 25.0 Å². The normalized spacial score (nSPS) is 31.9. The Kier molecular flexibility index (Phi) is 3.14. The minimum absolute atomic E-state index is 0.0303. The van der Waals surface area contributed by atoms with Crippen LogP contribution in [0, 0.1) is 5.41 Å². The van der Waals surface area contributed by atoms with Gasteiger partial charge in [0.1, 0.15) is 5.54 Å². The molecule has 0 bridgehead atoms. The van der Waals surface area contributed by atoms with Crippen molar-refractivity contribution in [3.8, 4) is 0 Å². The number of carboxylic acids is 1. The van der Waals surface area contributed by atoms with Gasteiger partial charge in [-0.05, 0) is 30.4 Å². The Morgan fingerprint density at radius 3 is 2.47 bits per heavy atom. The second kappa shape index (κ2) is 4.19. The Morgan fingerprint density at radius 2 is 2.06 bits per heavy atom. The summed E-state index contributed by atoms with van der Waals surface area (Å²) < 4.78 is 0. The van der Waals surface area contributed by atoms with Crippen molar-refractivity contribution in [3.63, 3.8) is 0 Å². The van der Waals surface area contributed by atoms with Crippen LogP contribution in [0.4, 0.5) is 0 Å². The molecule has 0 radical (unpaired) electrons. The number of aliphatic carboxylic acids is 1. The molecule has 1 aliphatic carbocycles. The lowest BCUT2D eigenvalue weighted by atomic mass is 9.79. The molecule has 4 nitrogen and oxygen atoms in total. The monoisotopic (exact) mass is 257 g/mol. The molecule has 1 aliphatic heterocycles. The summed E-state index contributed by atoms with van der Waals surface area (Å²) in [4.78, 5) is 24.5. The van der Waals surface area contributed by atoms with Crippen LogP contribution in [0.25, 0.3) is 0 Å². The number of nitrogens with zero attached hydrogens (tertiary/aromatic N) is 1. The molecule has 1 saturated carbocycles. The average Bonchev–Trinajstić information content (AvgIpc) is 3.01. The van der Waals surface area contributed by atoms with Crippen molar-refractivity contribution in [1.82, 2.24) is 4.90 Å². The van der Waals surface area contributed by atoms with Gasteiger partial charge in [-0.1, -0.05) is 13.8 Å². The molecule has 0 aromatic carbocycles. The Balaban J connectivity index is 2.30. The molecular weight excluding hydrogens is 238 g/mol. The van der Waals surface area contributed by atoms with Crippen LogP contribution >= 0.6 is 11.8 Å². The summed E-state index contributed by atoms with van der Waals surface area (Å²) in [6.45, 7) is 4.15. The molecule has 1 amide bonds. The van der Waals surface area contributed by atoms with Gasteiger partial charge in [0.05, 0.1) is 0 Å². The van der Waals surface area contributed by atoms with E-state index in [2.05, 4.69) is 13.8 Å². The lowest BCUT2D eigenvalue weighted by Gasteiger charge is -2.46. The van der Waals surface area contributed by atoms with E-state index in [-0.39, 0.29) is 11.5 Å². The fourth-order valence-electron chi connectivity index (χ4n) is 2.69.